The van der Waals surface area contributed by atoms with Crippen molar-refractivity contribution in [3.8, 4) is 6.07 Å². The van der Waals surface area contributed by atoms with E-state index in [1.807, 2.05) is 4.90 Å². The second-order valence-corrected chi connectivity index (χ2v) is 6.61. The molecule has 0 aromatic rings. The highest BCUT2D eigenvalue weighted by Gasteiger charge is 2.43. The Hall–Kier alpha value is -1.28. The van der Waals surface area contributed by atoms with Crippen LogP contribution >= 0.6 is 0 Å². The Labute approximate surface area is 120 Å². The predicted octanol–water partition coefficient (Wildman–Crippen LogP) is 1.75. The number of nitrogens with one attached hydrogen (secondary N) is 1. The van der Waals surface area contributed by atoms with Crippen molar-refractivity contribution < 1.29 is 9.53 Å². The summed E-state index contributed by atoms with van der Waals surface area (Å²) < 4.78 is 5.44. The lowest BCUT2D eigenvalue weighted by Crippen LogP contribution is -2.41. The summed E-state index contributed by atoms with van der Waals surface area (Å²) in [4.78, 5) is 14.1. The van der Waals surface area contributed by atoms with Gasteiger partial charge in [-0.3, -0.25) is 0 Å². The molecular weight excluding hydrogens is 254 g/mol. The molecule has 110 valence electrons. The van der Waals surface area contributed by atoms with Crippen molar-refractivity contribution in [3.05, 3.63) is 0 Å². The molecule has 2 amide bonds. The van der Waals surface area contributed by atoms with Gasteiger partial charge in [-0.15, -0.1) is 0 Å². The molecule has 1 saturated carbocycles. The van der Waals surface area contributed by atoms with Crippen molar-refractivity contribution in [2.45, 2.75) is 32.1 Å². The molecule has 3 rings (SSSR count). The van der Waals surface area contributed by atoms with Crippen LogP contribution in [0.5, 0.6) is 0 Å². The van der Waals surface area contributed by atoms with Crippen LogP contribution in [0.15, 0.2) is 0 Å². The number of nitriles is 1. The molecule has 5 heteroatoms. The second-order valence-electron chi connectivity index (χ2n) is 6.61. The molecule has 2 aliphatic heterocycles. The smallest absolute Gasteiger partial charge is 0.317 e. The van der Waals surface area contributed by atoms with Gasteiger partial charge < -0.3 is 15.0 Å². The van der Waals surface area contributed by atoms with Crippen molar-refractivity contribution in [1.82, 2.24) is 10.2 Å². The fraction of sp³-hybridized carbons (Fsp3) is 0.867. The van der Waals surface area contributed by atoms with Crippen LogP contribution in [-0.2, 0) is 4.74 Å². The fourth-order valence-electron chi connectivity index (χ4n) is 3.42. The summed E-state index contributed by atoms with van der Waals surface area (Å²) in [5, 5.41) is 11.8. The Morgan fingerprint density at radius 1 is 1.40 bits per heavy atom. The standard InChI is InChI=1S/C15H23N3O2/c16-6-5-15(3-4-15)11-17-14(19)18-7-1-12(9-18)13-2-8-20-10-13/h12-13H,1-5,7-11H2,(H,17,19)/t12-,13+/m1/s1. The molecule has 2 heterocycles. The molecule has 0 spiro atoms. The normalized spacial score (nSPS) is 31.1. The van der Waals surface area contributed by atoms with Gasteiger partial charge in [0.1, 0.15) is 0 Å². The van der Waals surface area contributed by atoms with Gasteiger partial charge in [0.15, 0.2) is 0 Å². The Kier molecular flexibility index (Phi) is 3.84. The molecule has 0 aromatic carbocycles. The van der Waals surface area contributed by atoms with E-state index < -0.39 is 0 Å². The molecule has 2 atom stereocenters. The zero-order chi connectivity index (χ0) is 14.0. The largest absolute Gasteiger partial charge is 0.381 e. The Morgan fingerprint density at radius 3 is 2.90 bits per heavy atom. The van der Waals surface area contributed by atoms with Crippen molar-refractivity contribution in [1.29, 1.82) is 5.26 Å². The van der Waals surface area contributed by atoms with Crippen LogP contribution in [-0.4, -0.2) is 43.8 Å². The molecule has 0 radical (unpaired) electrons. The molecule has 1 N–H and O–H groups in total. The van der Waals surface area contributed by atoms with E-state index in [0.717, 1.165) is 52.0 Å². The molecule has 20 heavy (non-hydrogen) atoms. The van der Waals surface area contributed by atoms with Gasteiger partial charge in [0.2, 0.25) is 0 Å². The van der Waals surface area contributed by atoms with Crippen molar-refractivity contribution in [3.63, 3.8) is 0 Å². The first-order valence-electron chi connectivity index (χ1n) is 7.70. The highest BCUT2D eigenvalue weighted by Crippen LogP contribution is 2.47. The number of urea groups is 1. The van der Waals surface area contributed by atoms with E-state index >= 15 is 0 Å². The summed E-state index contributed by atoms with van der Waals surface area (Å²) in [6, 6.07) is 2.28. The van der Waals surface area contributed by atoms with E-state index in [0.29, 0.717) is 24.8 Å². The summed E-state index contributed by atoms with van der Waals surface area (Å²) >= 11 is 0. The average molecular weight is 277 g/mol. The minimum Gasteiger partial charge on any atom is -0.381 e. The molecule has 3 aliphatic rings. The number of hydrogen-bond acceptors (Lipinski definition) is 3. The monoisotopic (exact) mass is 277 g/mol. The van der Waals surface area contributed by atoms with Gasteiger partial charge in [0, 0.05) is 44.7 Å². The lowest BCUT2D eigenvalue weighted by molar-refractivity contribution is 0.170. The average Bonchev–Trinajstić information content (AvgIpc) is 2.89. The van der Waals surface area contributed by atoms with Gasteiger partial charge in [-0.2, -0.15) is 5.26 Å². The van der Waals surface area contributed by atoms with Gasteiger partial charge in [-0.05, 0) is 37.5 Å². The number of rotatable bonds is 4. The third-order valence-corrected chi connectivity index (χ3v) is 5.17. The molecule has 3 fully saturated rings. The lowest BCUT2D eigenvalue weighted by Gasteiger charge is -2.21. The first kappa shape index (κ1) is 13.7. The van der Waals surface area contributed by atoms with Gasteiger partial charge in [-0.25, -0.2) is 4.79 Å². The summed E-state index contributed by atoms with van der Waals surface area (Å²) in [6.45, 7) is 4.13. The number of ether oxygens (including phenoxy) is 1. The SMILES string of the molecule is N#CCC1(CNC(=O)N2CC[C@@H]([C@H]3CCOC3)C2)CC1. The highest BCUT2D eigenvalue weighted by molar-refractivity contribution is 5.74. The summed E-state index contributed by atoms with van der Waals surface area (Å²) in [6.07, 6.45) is 4.96. The zero-order valence-corrected chi connectivity index (χ0v) is 11.9. The van der Waals surface area contributed by atoms with Gasteiger partial charge in [0.05, 0.1) is 6.07 Å². The van der Waals surface area contributed by atoms with E-state index in [2.05, 4.69) is 11.4 Å². The molecule has 2 saturated heterocycles. The van der Waals surface area contributed by atoms with Gasteiger partial charge in [0.25, 0.3) is 0 Å². The van der Waals surface area contributed by atoms with Crippen molar-refractivity contribution in [2.24, 2.45) is 17.3 Å². The summed E-state index contributed by atoms with van der Waals surface area (Å²) in [5.74, 6) is 1.25. The number of nitrogens with zero attached hydrogens (tertiary/aromatic N) is 2. The third kappa shape index (κ3) is 2.90. The summed E-state index contributed by atoms with van der Waals surface area (Å²) in [5.41, 5.74) is 0.0861. The van der Waals surface area contributed by atoms with Crippen LogP contribution in [0.4, 0.5) is 4.79 Å². The molecule has 0 unspecified atom stereocenters. The predicted molar refractivity (Wildman–Crippen MR) is 73.9 cm³/mol. The van der Waals surface area contributed by atoms with Crippen LogP contribution in [0.25, 0.3) is 0 Å². The number of carbonyl (C=O) groups is 1. The first-order valence-corrected chi connectivity index (χ1v) is 7.70. The van der Waals surface area contributed by atoms with E-state index in [4.69, 9.17) is 10.00 Å². The van der Waals surface area contributed by atoms with E-state index in [-0.39, 0.29) is 11.4 Å². The molecule has 1 aliphatic carbocycles. The van der Waals surface area contributed by atoms with Crippen LogP contribution < -0.4 is 5.32 Å². The molecule has 0 bridgehead atoms. The third-order valence-electron chi connectivity index (χ3n) is 5.17. The van der Waals surface area contributed by atoms with Crippen molar-refractivity contribution in [2.75, 3.05) is 32.8 Å². The maximum absolute atomic E-state index is 12.2. The van der Waals surface area contributed by atoms with E-state index in [9.17, 15) is 4.79 Å². The maximum Gasteiger partial charge on any atom is 0.317 e. The minimum absolute atomic E-state index is 0.0515. The molecular formula is C15H23N3O2. The van der Waals surface area contributed by atoms with Crippen molar-refractivity contribution >= 4 is 6.03 Å². The number of likely N-dealkylation sites (tertiary alicyclic amines) is 1. The number of amides is 2. The van der Waals surface area contributed by atoms with Crippen LogP contribution in [0.1, 0.15) is 32.1 Å². The number of carbonyl (C=O) groups excluding carboxylic acids is 1. The highest BCUT2D eigenvalue weighted by atomic mass is 16.5. The fourth-order valence-corrected chi connectivity index (χ4v) is 3.42. The van der Waals surface area contributed by atoms with Crippen LogP contribution in [0, 0.1) is 28.6 Å². The Bertz CT molecular complexity index is 408. The lowest BCUT2D eigenvalue weighted by atomic mass is 9.91. The molecule has 5 nitrogen and oxygen atoms in total. The summed E-state index contributed by atoms with van der Waals surface area (Å²) in [7, 11) is 0. The Morgan fingerprint density at radius 2 is 2.25 bits per heavy atom. The maximum atomic E-state index is 12.2. The van der Waals surface area contributed by atoms with Crippen LogP contribution in [0.3, 0.4) is 0 Å². The van der Waals surface area contributed by atoms with Gasteiger partial charge >= 0.3 is 6.03 Å². The number of hydrogen-bond donors (Lipinski definition) is 1. The van der Waals surface area contributed by atoms with Crippen LogP contribution in [0.2, 0.25) is 0 Å². The zero-order valence-electron chi connectivity index (χ0n) is 11.9. The molecule has 0 aromatic heterocycles. The van der Waals surface area contributed by atoms with Gasteiger partial charge in [-0.1, -0.05) is 0 Å². The quantitative estimate of drug-likeness (QED) is 0.851. The second kappa shape index (κ2) is 5.61. The minimum atomic E-state index is 0.0515. The topological polar surface area (TPSA) is 65.4 Å². The van der Waals surface area contributed by atoms with E-state index in [1.165, 1.54) is 0 Å². The van der Waals surface area contributed by atoms with E-state index in [1.54, 1.807) is 0 Å². The Balaban J connectivity index is 1.43. The first-order chi connectivity index (χ1) is 9.72.